The van der Waals surface area contributed by atoms with Crippen LogP contribution in [0.3, 0.4) is 0 Å². The predicted molar refractivity (Wildman–Crippen MR) is 85.2 cm³/mol. The zero-order chi connectivity index (χ0) is 17.6. The predicted octanol–water partition coefficient (Wildman–Crippen LogP) is 0.408. The molecule has 24 heavy (non-hydrogen) atoms. The van der Waals surface area contributed by atoms with Gasteiger partial charge in [0.2, 0.25) is 11.8 Å². The van der Waals surface area contributed by atoms with Gasteiger partial charge in [-0.3, -0.25) is 24.1 Å². The van der Waals surface area contributed by atoms with E-state index in [4.69, 9.17) is 0 Å². The van der Waals surface area contributed by atoms with Gasteiger partial charge in [0.15, 0.2) is 0 Å². The van der Waals surface area contributed by atoms with Gasteiger partial charge in [0, 0.05) is 6.54 Å². The van der Waals surface area contributed by atoms with Crippen LogP contribution in [0.1, 0.15) is 41.5 Å². The van der Waals surface area contributed by atoms with Crippen LogP contribution in [0.15, 0.2) is 24.3 Å². The van der Waals surface area contributed by atoms with E-state index < -0.39 is 29.3 Å². The smallest absolute Gasteiger partial charge is 0.262 e. The van der Waals surface area contributed by atoms with E-state index in [2.05, 4.69) is 5.32 Å². The van der Waals surface area contributed by atoms with Gasteiger partial charge in [-0.2, -0.15) is 0 Å². The van der Waals surface area contributed by atoms with Crippen molar-refractivity contribution in [2.24, 2.45) is 0 Å². The fourth-order valence-electron chi connectivity index (χ4n) is 3.10. The number of piperazine rings is 1. The standard InChI is InChI=1S/C17H19N3O4/c1-10(14(22)19-8-13(21)18-9-17(19,2)3)20-15(23)11-6-4-5-7-12(11)16(20)24/h4-7,10H,8-9H2,1-3H3,(H,18,21)/t10-/m1/s1. The second-order valence-electron chi connectivity index (χ2n) is 6.72. The molecule has 1 aromatic rings. The van der Waals surface area contributed by atoms with Crippen LogP contribution in [0.2, 0.25) is 0 Å². The molecule has 1 saturated heterocycles. The summed E-state index contributed by atoms with van der Waals surface area (Å²) in [4.78, 5) is 52.0. The summed E-state index contributed by atoms with van der Waals surface area (Å²) in [6, 6.07) is 5.54. The summed E-state index contributed by atoms with van der Waals surface area (Å²) in [6.45, 7) is 5.43. The Hall–Kier alpha value is -2.70. The van der Waals surface area contributed by atoms with E-state index in [-0.39, 0.29) is 12.5 Å². The Labute approximate surface area is 139 Å². The molecule has 7 heteroatoms. The summed E-state index contributed by atoms with van der Waals surface area (Å²) in [6.07, 6.45) is 0. The van der Waals surface area contributed by atoms with Crippen molar-refractivity contribution in [3.8, 4) is 0 Å². The van der Waals surface area contributed by atoms with Crippen molar-refractivity contribution in [1.29, 1.82) is 0 Å². The molecule has 3 rings (SSSR count). The molecule has 7 nitrogen and oxygen atoms in total. The Kier molecular flexibility index (Phi) is 3.66. The number of amides is 4. The maximum absolute atomic E-state index is 12.9. The lowest BCUT2D eigenvalue weighted by atomic mass is 9.98. The Morgan fingerprint density at radius 1 is 1.12 bits per heavy atom. The normalized spacial score (nSPS) is 20.7. The highest BCUT2D eigenvalue weighted by molar-refractivity contribution is 6.22. The summed E-state index contributed by atoms with van der Waals surface area (Å²) in [5.41, 5.74) is 0.0216. The lowest BCUT2D eigenvalue weighted by Crippen LogP contribution is -2.65. The van der Waals surface area contributed by atoms with Crippen molar-refractivity contribution < 1.29 is 19.2 Å². The number of nitrogens with zero attached hydrogens (tertiary/aromatic N) is 2. The molecule has 0 saturated carbocycles. The molecule has 1 N–H and O–H groups in total. The molecule has 0 aromatic heterocycles. The largest absolute Gasteiger partial charge is 0.352 e. The number of carbonyl (C=O) groups excluding carboxylic acids is 4. The third-order valence-corrected chi connectivity index (χ3v) is 4.59. The molecule has 0 bridgehead atoms. The van der Waals surface area contributed by atoms with E-state index in [1.165, 1.54) is 11.8 Å². The van der Waals surface area contributed by atoms with Gasteiger partial charge < -0.3 is 10.2 Å². The second kappa shape index (κ2) is 5.43. The molecule has 0 radical (unpaired) electrons. The Balaban J connectivity index is 1.88. The molecule has 2 heterocycles. The molecule has 1 fully saturated rings. The SMILES string of the molecule is C[C@H](C(=O)N1CC(=O)NCC1(C)C)N1C(=O)c2ccccc2C1=O. The highest BCUT2D eigenvalue weighted by atomic mass is 16.2. The molecule has 1 atom stereocenters. The molecular weight excluding hydrogens is 310 g/mol. The number of rotatable bonds is 2. The maximum Gasteiger partial charge on any atom is 0.262 e. The van der Waals surface area contributed by atoms with Crippen LogP contribution in [-0.4, -0.2) is 58.1 Å². The van der Waals surface area contributed by atoms with Gasteiger partial charge >= 0.3 is 0 Å². The van der Waals surface area contributed by atoms with Crippen LogP contribution >= 0.6 is 0 Å². The van der Waals surface area contributed by atoms with Crippen LogP contribution in [0.4, 0.5) is 0 Å². The molecule has 2 aliphatic heterocycles. The van der Waals surface area contributed by atoms with Crippen molar-refractivity contribution in [2.45, 2.75) is 32.4 Å². The highest BCUT2D eigenvalue weighted by Gasteiger charge is 2.45. The van der Waals surface area contributed by atoms with Crippen molar-refractivity contribution in [3.63, 3.8) is 0 Å². The quantitative estimate of drug-likeness (QED) is 0.796. The van der Waals surface area contributed by atoms with Crippen molar-refractivity contribution in [2.75, 3.05) is 13.1 Å². The monoisotopic (exact) mass is 329 g/mol. The fourth-order valence-corrected chi connectivity index (χ4v) is 3.10. The van der Waals surface area contributed by atoms with Crippen molar-refractivity contribution in [3.05, 3.63) is 35.4 Å². The Morgan fingerprint density at radius 2 is 1.67 bits per heavy atom. The number of nitrogens with one attached hydrogen (secondary N) is 1. The van der Waals surface area contributed by atoms with Gasteiger partial charge in [-0.15, -0.1) is 0 Å². The molecule has 1 aromatic carbocycles. The number of benzene rings is 1. The molecule has 4 amide bonds. The zero-order valence-corrected chi connectivity index (χ0v) is 13.8. The van der Waals surface area contributed by atoms with Gasteiger partial charge in [0.05, 0.1) is 16.7 Å². The van der Waals surface area contributed by atoms with Crippen LogP contribution in [0.25, 0.3) is 0 Å². The minimum atomic E-state index is -0.970. The Morgan fingerprint density at radius 3 is 2.21 bits per heavy atom. The first-order valence-electron chi connectivity index (χ1n) is 7.79. The number of hydrogen-bond acceptors (Lipinski definition) is 4. The van der Waals surface area contributed by atoms with Crippen molar-refractivity contribution >= 4 is 23.6 Å². The van der Waals surface area contributed by atoms with E-state index in [9.17, 15) is 19.2 Å². The van der Waals surface area contributed by atoms with Gasteiger partial charge in [-0.05, 0) is 32.9 Å². The topological polar surface area (TPSA) is 86.8 Å². The molecule has 0 aliphatic carbocycles. The zero-order valence-electron chi connectivity index (χ0n) is 13.8. The minimum absolute atomic E-state index is 0.0840. The number of imide groups is 1. The van der Waals surface area contributed by atoms with Gasteiger partial charge in [0.25, 0.3) is 11.8 Å². The summed E-state index contributed by atoms with van der Waals surface area (Å²) in [5, 5.41) is 2.72. The third kappa shape index (κ3) is 2.36. The van der Waals surface area contributed by atoms with Crippen LogP contribution in [-0.2, 0) is 9.59 Å². The summed E-state index contributed by atoms with van der Waals surface area (Å²) in [5.74, 6) is -1.62. The molecule has 0 unspecified atom stereocenters. The number of carbonyl (C=O) groups is 4. The Bertz CT molecular complexity index is 721. The summed E-state index contributed by atoms with van der Waals surface area (Å²) < 4.78 is 0. The van der Waals surface area contributed by atoms with Crippen LogP contribution < -0.4 is 5.32 Å². The van der Waals surface area contributed by atoms with Gasteiger partial charge in [-0.25, -0.2) is 0 Å². The van der Waals surface area contributed by atoms with E-state index >= 15 is 0 Å². The lowest BCUT2D eigenvalue weighted by Gasteiger charge is -2.43. The first-order chi connectivity index (χ1) is 11.2. The lowest BCUT2D eigenvalue weighted by molar-refractivity contribution is -0.147. The number of fused-ring (bicyclic) bond motifs is 1. The average Bonchev–Trinajstić information content (AvgIpc) is 2.80. The third-order valence-electron chi connectivity index (χ3n) is 4.59. The molecule has 126 valence electrons. The first-order valence-corrected chi connectivity index (χ1v) is 7.79. The molecule has 0 spiro atoms. The molecule has 2 aliphatic rings. The van der Waals surface area contributed by atoms with E-state index in [1.807, 2.05) is 13.8 Å². The summed E-state index contributed by atoms with van der Waals surface area (Å²) in [7, 11) is 0. The fraction of sp³-hybridized carbons (Fsp3) is 0.412. The molecular formula is C17H19N3O4. The van der Waals surface area contributed by atoms with Crippen molar-refractivity contribution in [1.82, 2.24) is 15.1 Å². The van der Waals surface area contributed by atoms with Gasteiger partial charge in [-0.1, -0.05) is 12.1 Å². The highest BCUT2D eigenvalue weighted by Crippen LogP contribution is 2.26. The minimum Gasteiger partial charge on any atom is -0.352 e. The van der Waals surface area contributed by atoms with E-state index in [1.54, 1.807) is 24.3 Å². The average molecular weight is 329 g/mol. The maximum atomic E-state index is 12.9. The van der Waals surface area contributed by atoms with Crippen LogP contribution in [0.5, 0.6) is 0 Å². The van der Waals surface area contributed by atoms with Gasteiger partial charge in [0.1, 0.15) is 12.6 Å². The van der Waals surface area contributed by atoms with E-state index in [0.29, 0.717) is 17.7 Å². The first kappa shape index (κ1) is 16.2. The van der Waals surface area contributed by atoms with Crippen LogP contribution in [0, 0.1) is 0 Å². The number of hydrogen-bond donors (Lipinski definition) is 1. The second-order valence-corrected chi connectivity index (χ2v) is 6.72. The van der Waals surface area contributed by atoms with E-state index in [0.717, 1.165) is 4.90 Å². The summed E-state index contributed by atoms with van der Waals surface area (Å²) >= 11 is 0.